The molecule has 0 aliphatic rings. The zero-order chi connectivity index (χ0) is 16.9. The van der Waals surface area contributed by atoms with Gasteiger partial charge in [0.2, 0.25) is 11.0 Å². The maximum atomic E-state index is 13.9. The van der Waals surface area contributed by atoms with Crippen LogP contribution in [0.1, 0.15) is 10.4 Å². The molecule has 0 bridgehead atoms. The Hall–Kier alpha value is -1.29. The zero-order valence-corrected chi connectivity index (χ0v) is 16.2. The lowest BCUT2D eigenvalue weighted by Gasteiger charge is -2.02. The van der Waals surface area contributed by atoms with Gasteiger partial charge in [-0.15, -0.1) is 21.5 Å². The topological polar surface area (TPSA) is 54.9 Å². The van der Waals surface area contributed by atoms with E-state index in [1.54, 1.807) is 18.2 Å². The van der Waals surface area contributed by atoms with Crippen LogP contribution in [0.5, 0.6) is 0 Å². The Balaban J connectivity index is 1.55. The van der Waals surface area contributed by atoms with E-state index in [-0.39, 0.29) is 11.7 Å². The van der Waals surface area contributed by atoms with Crippen molar-refractivity contribution in [2.24, 2.45) is 0 Å². The van der Waals surface area contributed by atoms with Gasteiger partial charge in [-0.1, -0.05) is 41.3 Å². The number of hydrogen-bond acceptors (Lipinski definition) is 6. The summed E-state index contributed by atoms with van der Waals surface area (Å²) in [6.45, 7) is 0. The third-order valence-electron chi connectivity index (χ3n) is 2.95. The minimum absolute atomic E-state index is 0.122. The number of anilines is 1. The molecule has 0 radical (unpaired) electrons. The van der Waals surface area contributed by atoms with Crippen LogP contribution in [0, 0.1) is 5.82 Å². The lowest BCUT2D eigenvalue weighted by atomic mass is 10.2. The summed E-state index contributed by atoms with van der Waals surface area (Å²) in [7, 11) is 0. The molecule has 0 aliphatic carbocycles. The molecule has 1 N–H and O–H groups in total. The predicted molar refractivity (Wildman–Crippen MR) is 100 cm³/mol. The van der Waals surface area contributed by atoms with Gasteiger partial charge < -0.3 is 5.32 Å². The summed E-state index contributed by atoms with van der Waals surface area (Å²) in [5, 5.41) is 13.1. The van der Waals surface area contributed by atoms with Crippen LogP contribution in [0.15, 0.2) is 44.5 Å². The molecule has 4 nitrogen and oxygen atoms in total. The van der Waals surface area contributed by atoms with E-state index in [4.69, 9.17) is 0 Å². The van der Waals surface area contributed by atoms with Gasteiger partial charge in [-0.25, -0.2) is 4.39 Å². The van der Waals surface area contributed by atoms with Crippen LogP contribution in [0.25, 0.3) is 0 Å². The number of nitrogens with one attached hydrogen (secondary N) is 1. The van der Waals surface area contributed by atoms with Crippen LogP contribution in [-0.4, -0.2) is 16.1 Å². The van der Waals surface area contributed by atoms with Crippen molar-refractivity contribution in [3.8, 4) is 0 Å². The van der Waals surface area contributed by atoms with E-state index in [1.165, 1.54) is 34.4 Å². The molecular weight excluding hydrogens is 433 g/mol. The molecule has 0 aliphatic heterocycles. The van der Waals surface area contributed by atoms with Crippen LogP contribution in [-0.2, 0) is 17.0 Å². The number of aromatic nitrogens is 2. The van der Waals surface area contributed by atoms with Crippen molar-refractivity contribution in [2.75, 3.05) is 5.32 Å². The molecule has 0 atom stereocenters. The second kappa shape index (κ2) is 8.19. The monoisotopic (exact) mass is 443 g/mol. The Morgan fingerprint density at radius 1 is 1.29 bits per heavy atom. The molecule has 2 heterocycles. The number of thioether (sulfide) groups is 1. The summed E-state index contributed by atoms with van der Waals surface area (Å²) in [5.74, 6) is 0.0606. The van der Waals surface area contributed by atoms with E-state index in [9.17, 15) is 9.18 Å². The first kappa shape index (κ1) is 17.5. The number of carbonyl (C=O) groups is 1. The maximum absolute atomic E-state index is 13.9. The van der Waals surface area contributed by atoms with Gasteiger partial charge in [0.25, 0.3) is 0 Å². The van der Waals surface area contributed by atoms with E-state index < -0.39 is 0 Å². The van der Waals surface area contributed by atoms with Gasteiger partial charge in [-0.2, -0.15) is 0 Å². The van der Waals surface area contributed by atoms with Crippen LogP contribution in [0.2, 0.25) is 0 Å². The Bertz CT molecular complexity index is 838. The Labute approximate surface area is 158 Å². The molecule has 3 rings (SSSR count). The molecular formula is C15H11BrFN3OS3. The summed E-state index contributed by atoms with van der Waals surface area (Å²) in [6, 6.07) is 9.01. The van der Waals surface area contributed by atoms with Gasteiger partial charge in [-0.05, 0) is 39.0 Å². The molecule has 0 fully saturated rings. The van der Waals surface area contributed by atoms with Crippen molar-refractivity contribution in [1.82, 2.24) is 10.2 Å². The number of thiophene rings is 1. The number of carbonyl (C=O) groups excluding carboxylic acids is 1. The first-order valence-corrected chi connectivity index (χ1v) is 10.3. The predicted octanol–water partition coefficient (Wildman–Crippen LogP) is 4.97. The molecule has 0 spiro atoms. The second-order valence-electron chi connectivity index (χ2n) is 4.68. The summed E-state index contributed by atoms with van der Waals surface area (Å²) in [5.41, 5.74) is 0.591. The Morgan fingerprint density at radius 3 is 2.96 bits per heavy atom. The third-order valence-corrected chi connectivity index (χ3v) is 6.46. The highest BCUT2D eigenvalue weighted by Gasteiger charge is 2.11. The van der Waals surface area contributed by atoms with Crippen LogP contribution < -0.4 is 5.32 Å². The first-order valence-electron chi connectivity index (χ1n) is 6.83. The lowest BCUT2D eigenvalue weighted by molar-refractivity contribution is -0.115. The molecule has 124 valence electrons. The number of nitrogens with zero attached hydrogens (tertiary/aromatic N) is 2. The first-order chi connectivity index (χ1) is 11.6. The second-order valence-corrected chi connectivity index (χ2v) is 8.77. The average Bonchev–Trinajstić information content (AvgIpc) is 3.21. The summed E-state index contributed by atoms with van der Waals surface area (Å²) in [6.07, 6.45) is 0.322. The molecule has 2 aromatic heterocycles. The fraction of sp³-hybridized carbons (Fsp3) is 0.133. The lowest BCUT2D eigenvalue weighted by Crippen LogP contribution is -2.13. The number of rotatable bonds is 6. The van der Waals surface area contributed by atoms with E-state index in [2.05, 4.69) is 31.4 Å². The zero-order valence-electron chi connectivity index (χ0n) is 12.2. The molecule has 9 heteroatoms. The van der Waals surface area contributed by atoms with E-state index >= 15 is 0 Å². The largest absolute Gasteiger partial charge is 0.300 e. The fourth-order valence-corrected chi connectivity index (χ4v) is 4.71. The highest BCUT2D eigenvalue weighted by atomic mass is 79.9. The van der Waals surface area contributed by atoms with Gasteiger partial charge >= 0.3 is 0 Å². The van der Waals surface area contributed by atoms with Crippen molar-refractivity contribution >= 4 is 61.4 Å². The van der Waals surface area contributed by atoms with Gasteiger partial charge in [0.05, 0.1) is 10.9 Å². The molecule has 0 saturated heterocycles. The average molecular weight is 444 g/mol. The summed E-state index contributed by atoms with van der Waals surface area (Å²) >= 11 is 7.38. The SMILES string of the molecule is O=C(Cc1cccs1)Nc1nnc(SCc2cccc(Br)c2F)s1. The summed E-state index contributed by atoms with van der Waals surface area (Å²) in [4.78, 5) is 12.9. The van der Waals surface area contributed by atoms with Crippen molar-refractivity contribution in [3.63, 3.8) is 0 Å². The van der Waals surface area contributed by atoms with Crippen LogP contribution in [0.4, 0.5) is 9.52 Å². The highest BCUT2D eigenvalue weighted by Crippen LogP contribution is 2.30. The van der Waals surface area contributed by atoms with Crippen LogP contribution >= 0.6 is 50.4 Å². The van der Waals surface area contributed by atoms with Crippen molar-refractivity contribution in [2.45, 2.75) is 16.5 Å². The minimum atomic E-state index is -0.265. The van der Waals surface area contributed by atoms with Crippen molar-refractivity contribution in [3.05, 3.63) is 56.4 Å². The molecule has 0 unspecified atom stereocenters. The quantitative estimate of drug-likeness (QED) is 0.431. The van der Waals surface area contributed by atoms with E-state index in [0.29, 0.717) is 31.7 Å². The van der Waals surface area contributed by atoms with Gasteiger partial charge in [0.1, 0.15) is 5.82 Å². The summed E-state index contributed by atoms with van der Waals surface area (Å²) < 4.78 is 15.0. The highest BCUT2D eigenvalue weighted by molar-refractivity contribution is 9.10. The maximum Gasteiger partial charge on any atom is 0.231 e. The van der Waals surface area contributed by atoms with Gasteiger partial charge in [0, 0.05) is 10.6 Å². The van der Waals surface area contributed by atoms with E-state index in [1.807, 2.05) is 17.5 Å². The van der Waals surface area contributed by atoms with Gasteiger partial charge in [-0.3, -0.25) is 4.79 Å². The molecule has 1 amide bonds. The smallest absolute Gasteiger partial charge is 0.231 e. The van der Waals surface area contributed by atoms with Crippen LogP contribution in [0.3, 0.4) is 0 Å². The number of halogens is 2. The standard InChI is InChI=1S/C15H11BrFN3OS3/c16-11-5-1-3-9(13(11)17)8-23-15-20-19-14(24-15)18-12(21)7-10-4-2-6-22-10/h1-6H,7-8H2,(H,18,19,21). The minimum Gasteiger partial charge on any atom is -0.300 e. The Kier molecular flexibility index (Phi) is 5.99. The third kappa shape index (κ3) is 4.62. The number of benzene rings is 1. The molecule has 0 saturated carbocycles. The van der Waals surface area contributed by atoms with Crippen molar-refractivity contribution in [1.29, 1.82) is 0 Å². The Morgan fingerprint density at radius 2 is 2.17 bits per heavy atom. The molecule has 24 heavy (non-hydrogen) atoms. The van der Waals surface area contributed by atoms with Gasteiger partial charge in [0.15, 0.2) is 4.34 Å². The van der Waals surface area contributed by atoms with E-state index in [0.717, 1.165) is 4.88 Å². The molecule has 1 aromatic carbocycles. The molecule has 3 aromatic rings. The van der Waals surface area contributed by atoms with Crippen molar-refractivity contribution < 1.29 is 9.18 Å². The normalized spacial score (nSPS) is 10.8. The fourth-order valence-electron chi connectivity index (χ4n) is 1.85. The number of amides is 1. The number of hydrogen-bond donors (Lipinski definition) is 1.